The molecule has 2 nitrogen and oxygen atoms in total. The number of hydrogen-bond acceptors (Lipinski definition) is 2. The highest BCUT2D eigenvalue weighted by Gasteiger charge is 2.28. The van der Waals surface area contributed by atoms with Gasteiger partial charge in [-0.15, -0.1) is 0 Å². The molecule has 0 saturated carbocycles. The molecule has 1 rings (SSSR count). The van der Waals surface area contributed by atoms with Gasteiger partial charge in [-0.1, -0.05) is 46.9 Å². The van der Waals surface area contributed by atoms with Crippen molar-refractivity contribution in [3.63, 3.8) is 0 Å². The molecule has 0 aliphatic rings. The first-order chi connectivity index (χ1) is 7.39. The van der Waals surface area contributed by atoms with Crippen LogP contribution in [-0.2, 0) is 11.2 Å². The third-order valence-corrected chi connectivity index (χ3v) is 2.32. The van der Waals surface area contributed by atoms with Gasteiger partial charge < -0.3 is 4.74 Å². The Morgan fingerprint density at radius 3 is 2.31 bits per heavy atom. The lowest BCUT2D eigenvalue weighted by Gasteiger charge is -2.13. The summed E-state index contributed by atoms with van der Waals surface area (Å²) in [7, 11) is 0. The molecule has 0 bridgehead atoms. The van der Waals surface area contributed by atoms with Crippen molar-refractivity contribution >= 4 is 40.7 Å². The fourth-order valence-corrected chi connectivity index (χ4v) is 1.17. The van der Waals surface area contributed by atoms with E-state index in [0.29, 0.717) is 6.42 Å². The number of benzene rings is 1. The Bertz CT molecular complexity index is 361. The first-order valence-corrected chi connectivity index (χ1v) is 5.56. The van der Waals surface area contributed by atoms with Crippen molar-refractivity contribution in [2.24, 2.45) is 0 Å². The second-order valence-electron chi connectivity index (χ2n) is 3.05. The summed E-state index contributed by atoms with van der Waals surface area (Å²) < 4.78 is 15.7. The lowest BCUT2D eigenvalue weighted by Crippen LogP contribution is -2.22. The maximum Gasteiger partial charge on any atom is 0.265 e. The van der Waals surface area contributed by atoms with Crippen LogP contribution in [0.1, 0.15) is 5.56 Å². The van der Waals surface area contributed by atoms with Crippen molar-refractivity contribution in [3.8, 4) is 0 Å². The van der Waals surface area contributed by atoms with E-state index >= 15 is 0 Å². The molecule has 0 atom stereocenters. The van der Waals surface area contributed by atoms with Crippen LogP contribution in [0.15, 0.2) is 24.3 Å². The summed E-state index contributed by atoms with van der Waals surface area (Å²) in [5.74, 6) is -0.710. The van der Waals surface area contributed by atoms with Crippen LogP contribution >= 0.6 is 34.8 Å². The highest BCUT2D eigenvalue weighted by molar-refractivity contribution is 6.76. The Balaban J connectivity index is 2.36. The molecule has 0 aliphatic carbocycles. The fraction of sp³-hybridized carbons (Fsp3) is 0.300. The van der Waals surface area contributed by atoms with Gasteiger partial charge in [0.15, 0.2) is 0 Å². The second kappa shape index (κ2) is 5.71. The minimum absolute atomic E-state index is 0.207. The van der Waals surface area contributed by atoms with Crippen LogP contribution in [0.25, 0.3) is 0 Å². The summed E-state index contributed by atoms with van der Waals surface area (Å²) in [6, 6.07) is 5.99. The third-order valence-electron chi connectivity index (χ3n) is 1.81. The van der Waals surface area contributed by atoms with Crippen LogP contribution in [0.4, 0.5) is 4.39 Å². The predicted octanol–water partition coefficient (Wildman–Crippen LogP) is 3.73. The molecule has 0 radical (unpaired) electrons. The van der Waals surface area contributed by atoms with E-state index < -0.39 is 9.69 Å². The molecule has 88 valence electrons. The number of nitrogens with one attached hydrogen (secondary N) is 1. The monoisotopic (exact) mass is 283 g/mol. The first kappa shape index (κ1) is 13.6. The Morgan fingerprint density at radius 2 is 1.81 bits per heavy atom. The van der Waals surface area contributed by atoms with E-state index in [1.165, 1.54) is 12.1 Å². The van der Waals surface area contributed by atoms with E-state index in [-0.39, 0.29) is 12.4 Å². The zero-order valence-corrected chi connectivity index (χ0v) is 10.4. The quantitative estimate of drug-likeness (QED) is 0.512. The zero-order chi connectivity index (χ0) is 12.2. The van der Waals surface area contributed by atoms with Crippen molar-refractivity contribution in [1.82, 2.24) is 0 Å². The summed E-state index contributed by atoms with van der Waals surface area (Å²) in [5, 5.41) is 7.26. The van der Waals surface area contributed by atoms with Gasteiger partial charge in [0.1, 0.15) is 5.82 Å². The summed E-state index contributed by atoms with van der Waals surface area (Å²) in [6.45, 7) is 0.207. The molecule has 6 heteroatoms. The minimum atomic E-state index is -1.83. The fourth-order valence-electron chi connectivity index (χ4n) is 1.00. The van der Waals surface area contributed by atoms with E-state index in [1.54, 1.807) is 12.1 Å². The van der Waals surface area contributed by atoms with E-state index in [1.807, 2.05) is 0 Å². The van der Waals surface area contributed by atoms with Gasteiger partial charge in [-0.05, 0) is 17.7 Å². The van der Waals surface area contributed by atoms with Gasteiger partial charge in [0.05, 0.1) is 6.61 Å². The van der Waals surface area contributed by atoms with Crippen molar-refractivity contribution in [3.05, 3.63) is 35.6 Å². The van der Waals surface area contributed by atoms with E-state index in [4.69, 9.17) is 44.9 Å². The molecule has 0 spiro atoms. The SMILES string of the molecule is N=C(OCCc1ccc(F)cc1)C(Cl)(Cl)Cl. The molecular formula is C10H9Cl3FNO. The average molecular weight is 285 g/mol. The molecule has 0 aliphatic heterocycles. The number of rotatable bonds is 3. The Morgan fingerprint density at radius 1 is 1.25 bits per heavy atom. The molecule has 0 heterocycles. The highest BCUT2D eigenvalue weighted by atomic mass is 35.6. The Hall–Kier alpha value is -0.510. The lowest BCUT2D eigenvalue weighted by atomic mass is 10.2. The zero-order valence-electron chi connectivity index (χ0n) is 8.14. The van der Waals surface area contributed by atoms with Crippen LogP contribution in [0, 0.1) is 11.2 Å². The lowest BCUT2D eigenvalue weighted by molar-refractivity contribution is 0.300. The molecule has 0 saturated heterocycles. The standard InChI is InChI=1S/C10H9Cl3FNO/c11-10(12,13)9(15)16-6-5-7-1-3-8(14)4-2-7/h1-4,15H,5-6H2. The van der Waals surface area contributed by atoms with E-state index in [0.717, 1.165) is 5.56 Å². The maximum absolute atomic E-state index is 12.6. The molecule has 0 aromatic heterocycles. The van der Waals surface area contributed by atoms with Crippen LogP contribution in [0.2, 0.25) is 0 Å². The molecule has 0 fully saturated rings. The van der Waals surface area contributed by atoms with Gasteiger partial charge in [-0.3, -0.25) is 5.41 Å². The third kappa shape index (κ3) is 4.56. The summed E-state index contributed by atoms with van der Waals surface area (Å²) >= 11 is 16.3. The summed E-state index contributed by atoms with van der Waals surface area (Å²) in [6.07, 6.45) is 0.517. The number of alkyl halides is 3. The van der Waals surface area contributed by atoms with Crippen LogP contribution < -0.4 is 0 Å². The molecule has 0 amide bonds. The molecule has 1 N–H and O–H groups in total. The van der Waals surface area contributed by atoms with Gasteiger partial charge in [0.25, 0.3) is 3.79 Å². The summed E-state index contributed by atoms with van der Waals surface area (Å²) in [4.78, 5) is 0. The minimum Gasteiger partial charge on any atom is -0.478 e. The van der Waals surface area contributed by atoms with E-state index in [9.17, 15) is 4.39 Å². The molecule has 1 aromatic rings. The van der Waals surface area contributed by atoms with Crippen molar-refractivity contribution in [2.45, 2.75) is 10.2 Å². The van der Waals surface area contributed by atoms with Crippen molar-refractivity contribution in [2.75, 3.05) is 6.61 Å². The second-order valence-corrected chi connectivity index (χ2v) is 5.33. The predicted molar refractivity (Wildman–Crippen MR) is 64.1 cm³/mol. The topological polar surface area (TPSA) is 33.1 Å². The van der Waals surface area contributed by atoms with Gasteiger partial charge in [-0.2, -0.15) is 0 Å². The number of halogens is 4. The molecule has 1 aromatic carbocycles. The van der Waals surface area contributed by atoms with Crippen LogP contribution in [0.3, 0.4) is 0 Å². The van der Waals surface area contributed by atoms with Crippen LogP contribution in [0.5, 0.6) is 0 Å². The van der Waals surface area contributed by atoms with Gasteiger partial charge in [-0.25, -0.2) is 4.39 Å². The summed E-state index contributed by atoms with van der Waals surface area (Å²) in [5.41, 5.74) is 0.888. The van der Waals surface area contributed by atoms with Crippen molar-refractivity contribution < 1.29 is 9.13 Å². The number of hydrogen-bond donors (Lipinski definition) is 1. The molecular weight excluding hydrogens is 275 g/mol. The maximum atomic E-state index is 12.6. The van der Waals surface area contributed by atoms with Crippen molar-refractivity contribution in [1.29, 1.82) is 5.41 Å². The van der Waals surface area contributed by atoms with Gasteiger partial charge >= 0.3 is 0 Å². The van der Waals surface area contributed by atoms with Gasteiger partial charge in [0.2, 0.25) is 5.90 Å². The number of ether oxygens (including phenoxy) is 1. The normalized spacial score (nSPS) is 11.2. The first-order valence-electron chi connectivity index (χ1n) is 4.42. The van der Waals surface area contributed by atoms with Crippen LogP contribution in [-0.4, -0.2) is 16.3 Å². The Labute approximate surface area is 108 Å². The van der Waals surface area contributed by atoms with E-state index in [2.05, 4.69) is 0 Å². The van der Waals surface area contributed by atoms with Gasteiger partial charge in [0, 0.05) is 6.42 Å². The molecule has 16 heavy (non-hydrogen) atoms. The molecule has 0 unspecified atom stereocenters. The Kier molecular flexibility index (Phi) is 4.84. The highest BCUT2D eigenvalue weighted by Crippen LogP contribution is 2.27. The average Bonchev–Trinajstić information content (AvgIpc) is 2.19. The largest absolute Gasteiger partial charge is 0.478 e. The smallest absolute Gasteiger partial charge is 0.265 e.